The van der Waals surface area contributed by atoms with Gasteiger partial charge in [-0.15, -0.1) is 0 Å². The number of likely N-dealkylation sites (tertiary alicyclic amines) is 2. The fraction of sp³-hybridized carbons (Fsp3) is 0.489. The van der Waals surface area contributed by atoms with Gasteiger partial charge >= 0.3 is 12.2 Å². The molecule has 2 aromatic heterocycles. The summed E-state index contributed by atoms with van der Waals surface area (Å²) in [6.07, 6.45) is 4.22. The molecular formula is C47H56N8O8. The van der Waals surface area contributed by atoms with Crippen molar-refractivity contribution >= 4 is 45.8 Å². The van der Waals surface area contributed by atoms with Gasteiger partial charge in [0.2, 0.25) is 11.8 Å². The number of carbonyl (C=O) groups excluding carboxylic acids is 4. The van der Waals surface area contributed by atoms with E-state index >= 15 is 0 Å². The van der Waals surface area contributed by atoms with Gasteiger partial charge in [-0.3, -0.25) is 9.59 Å². The molecule has 16 heteroatoms. The molecule has 16 nitrogen and oxygen atoms in total. The second kappa shape index (κ2) is 17.2. The Bertz CT molecular complexity index is 2560. The van der Waals surface area contributed by atoms with Gasteiger partial charge in [0, 0.05) is 36.8 Å². The van der Waals surface area contributed by atoms with Crippen molar-refractivity contribution in [2.45, 2.75) is 96.6 Å². The molecule has 0 unspecified atom stereocenters. The first-order valence-electron chi connectivity index (χ1n) is 22.1. The molecule has 63 heavy (non-hydrogen) atoms. The Hall–Kier alpha value is -6.16. The van der Waals surface area contributed by atoms with Gasteiger partial charge in [0.05, 0.1) is 49.2 Å². The maximum absolute atomic E-state index is 14.4. The van der Waals surface area contributed by atoms with E-state index in [4.69, 9.17) is 28.9 Å². The number of amides is 4. The summed E-state index contributed by atoms with van der Waals surface area (Å²) in [5.41, 5.74) is 6.59. The van der Waals surface area contributed by atoms with Crippen molar-refractivity contribution < 1.29 is 38.1 Å². The molecule has 4 amide bonds. The first kappa shape index (κ1) is 42.2. The number of aromatic amines is 2. The van der Waals surface area contributed by atoms with Gasteiger partial charge in [-0.05, 0) is 103 Å². The molecule has 3 fully saturated rings. The van der Waals surface area contributed by atoms with Gasteiger partial charge in [-0.25, -0.2) is 19.6 Å². The molecule has 0 saturated carbocycles. The second-order valence-electron chi connectivity index (χ2n) is 17.9. The van der Waals surface area contributed by atoms with E-state index in [0.29, 0.717) is 45.0 Å². The van der Waals surface area contributed by atoms with E-state index in [1.54, 1.807) is 0 Å². The number of hydrogen-bond acceptors (Lipinski definition) is 10. The monoisotopic (exact) mass is 860 g/mol. The normalized spacial score (nSPS) is 22.1. The molecule has 4 aliphatic rings. The minimum atomic E-state index is -0.722. The molecule has 0 spiro atoms. The summed E-state index contributed by atoms with van der Waals surface area (Å²) in [5, 5.41) is 7.57. The largest absolute Gasteiger partial charge is 0.488 e. The molecule has 0 radical (unpaired) electrons. The van der Waals surface area contributed by atoms with Crippen molar-refractivity contribution in [2.75, 3.05) is 34.0 Å². The number of imidazole rings is 2. The molecule has 3 aromatic carbocycles. The molecular weight excluding hydrogens is 805 g/mol. The highest BCUT2D eigenvalue weighted by molar-refractivity contribution is 6.07. The molecule has 9 rings (SSSR count). The summed E-state index contributed by atoms with van der Waals surface area (Å²) in [6.45, 7) is 10.0. The number of methoxy groups -OCH3 is 2. The fourth-order valence-electron chi connectivity index (χ4n) is 10.1. The van der Waals surface area contributed by atoms with E-state index in [1.165, 1.54) is 14.2 Å². The number of rotatable bonds is 9. The zero-order valence-corrected chi connectivity index (χ0v) is 36.7. The lowest BCUT2D eigenvalue weighted by Crippen LogP contribution is -2.54. The topological polar surface area (TPSA) is 193 Å². The van der Waals surface area contributed by atoms with Crippen LogP contribution in [-0.4, -0.2) is 106 Å². The van der Waals surface area contributed by atoms with Crippen LogP contribution in [0.25, 0.3) is 44.2 Å². The zero-order valence-electron chi connectivity index (χ0n) is 36.7. The summed E-state index contributed by atoms with van der Waals surface area (Å²) in [7, 11) is 2.60. The maximum atomic E-state index is 14.4. The van der Waals surface area contributed by atoms with Crippen molar-refractivity contribution in [3.8, 4) is 28.1 Å². The average molecular weight is 861 g/mol. The summed E-state index contributed by atoms with van der Waals surface area (Å²) in [6, 6.07) is 12.6. The first-order valence-corrected chi connectivity index (χ1v) is 22.1. The minimum Gasteiger partial charge on any atom is -0.488 e. The number of benzene rings is 3. The highest BCUT2D eigenvalue weighted by Crippen LogP contribution is 2.44. The maximum Gasteiger partial charge on any atom is 0.407 e. The van der Waals surface area contributed by atoms with Crippen LogP contribution in [0.3, 0.4) is 0 Å². The smallest absolute Gasteiger partial charge is 0.407 e. The lowest BCUT2D eigenvalue weighted by atomic mass is 9.90. The van der Waals surface area contributed by atoms with E-state index in [-0.39, 0.29) is 47.7 Å². The third kappa shape index (κ3) is 7.93. The van der Waals surface area contributed by atoms with E-state index in [0.717, 1.165) is 80.6 Å². The minimum absolute atomic E-state index is 0.0384. The Morgan fingerprint density at radius 3 is 2.40 bits per heavy atom. The Labute approximate surface area is 365 Å². The number of aromatic nitrogens is 4. The number of hydrogen-bond donors (Lipinski definition) is 4. The number of H-pyrrole nitrogens is 2. The quantitative estimate of drug-likeness (QED) is 0.118. The number of fused-ring (bicyclic) bond motifs is 6. The van der Waals surface area contributed by atoms with Crippen molar-refractivity contribution in [3.05, 3.63) is 65.9 Å². The molecule has 332 valence electrons. The van der Waals surface area contributed by atoms with Crippen LogP contribution in [0.4, 0.5) is 9.59 Å². The fourth-order valence-corrected chi connectivity index (χ4v) is 10.1. The van der Waals surface area contributed by atoms with Crippen LogP contribution in [0.2, 0.25) is 0 Å². The van der Waals surface area contributed by atoms with Gasteiger partial charge in [0.15, 0.2) is 0 Å². The Balaban J connectivity index is 0.964. The van der Waals surface area contributed by atoms with E-state index in [9.17, 15) is 19.2 Å². The van der Waals surface area contributed by atoms with E-state index < -0.39 is 24.3 Å². The number of nitrogens with zero attached hydrogens (tertiary/aromatic N) is 4. The summed E-state index contributed by atoms with van der Waals surface area (Å²) < 4.78 is 21.8. The second-order valence-corrected chi connectivity index (χ2v) is 17.9. The third-order valence-electron chi connectivity index (χ3n) is 13.5. The third-order valence-corrected chi connectivity index (χ3v) is 13.5. The van der Waals surface area contributed by atoms with Crippen molar-refractivity contribution in [1.29, 1.82) is 0 Å². The predicted molar refractivity (Wildman–Crippen MR) is 235 cm³/mol. The highest BCUT2D eigenvalue weighted by atomic mass is 16.5. The average Bonchev–Trinajstić information content (AvgIpc) is 4.12. The molecule has 3 saturated heterocycles. The Morgan fingerprint density at radius 2 is 1.63 bits per heavy atom. The zero-order chi connectivity index (χ0) is 44.1. The molecule has 6 heterocycles. The van der Waals surface area contributed by atoms with Crippen LogP contribution in [0.1, 0.15) is 89.1 Å². The molecule has 0 aliphatic carbocycles. The first-order chi connectivity index (χ1) is 30.4. The standard InChI is InChI=1S/C47H56N8O8/c1-24(2)39(52-46(58)60-5)44(56)54-22-25(3)17-37(54)42-48-21-35(50-42)29-8-10-31-30(18-29)23-63-38-20-32-28(19-33(31)38)9-11-34-41(32)51-43(49-34)36-12-7-26(4)55(36)45(57)40(53-47(59)61-6)27-13-15-62-16-14-27/h8-11,18-21,24-27,36-37,39-40H,7,12-17,22-23H2,1-6H3,(H,48,50)(H,49,51)(H,52,58)(H,53,59)/t25-,26-,36-,37-,39-,40-/m0/s1. The van der Waals surface area contributed by atoms with E-state index in [2.05, 4.69) is 70.8 Å². The Kier molecular flexibility index (Phi) is 11.5. The summed E-state index contributed by atoms with van der Waals surface area (Å²) >= 11 is 0. The predicted octanol–water partition coefficient (Wildman–Crippen LogP) is 7.16. The van der Waals surface area contributed by atoms with Crippen molar-refractivity contribution in [3.63, 3.8) is 0 Å². The SMILES string of the molecule is COC(=O)N[C@H](C(=O)N1C[C@@H](C)C[C@H]1c1ncc(-c2ccc3c(c2)COc2cc4c(ccc5nc([C@@H]6CC[C@H](C)N6C(=O)[C@@H](NC(=O)OC)C6CCOCC6)[nH]c54)cc2-3)[nH]1)C(C)C. The van der Waals surface area contributed by atoms with Gasteiger partial charge in [-0.2, -0.15) is 0 Å². The number of nitrogens with one attached hydrogen (secondary N) is 4. The van der Waals surface area contributed by atoms with Crippen LogP contribution in [0.15, 0.2) is 48.7 Å². The summed E-state index contributed by atoms with van der Waals surface area (Å²) in [4.78, 5) is 73.4. The lowest BCUT2D eigenvalue weighted by Gasteiger charge is -2.36. The number of carbonyl (C=O) groups is 4. The van der Waals surface area contributed by atoms with Gasteiger partial charge < -0.3 is 49.3 Å². The molecule has 4 aliphatic heterocycles. The highest BCUT2D eigenvalue weighted by Gasteiger charge is 2.44. The Morgan fingerprint density at radius 1 is 0.857 bits per heavy atom. The summed E-state index contributed by atoms with van der Waals surface area (Å²) in [5.74, 6) is 2.00. The molecule has 6 atom stereocenters. The van der Waals surface area contributed by atoms with E-state index in [1.807, 2.05) is 35.9 Å². The van der Waals surface area contributed by atoms with Gasteiger partial charge in [0.1, 0.15) is 36.1 Å². The number of alkyl carbamates (subject to hydrolysis) is 2. The van der Waals surface area contributed by atoms with Crippen LogP contribution in [0.5, 0.6) is 5.75 Å². The van der Waals surface area contributed by atoms with Gasteiger partial charge in [0.25, 0.3) is 0 Å². The van der Waals surface area contributed by atoms with Crippen LogP contribution < -0.4 is 15.4 Å². The van der Waals surface area contributed by atoms with Crippen LogP contribution in [0, 0.1) is 17.8 Å². The van der Waals surface area contributed by atoms with Crippen LogP contribution >= 0.6 is 0 Å². The molecule has 5 aromatic rings. The lowest BCUT2D eigenvalue weighted by molar-refractivity contribution is -0.138. The molecule has 0 bridgehead atoms. The van der Waals surface area contributed by atoms with Crippen molar-refractivity contribution in [2.24, 2.45) is 17.8 Å². The van der Waals surface area contributed by atoms with Gasteiger partial charge in [-0.1, -0.05) is 39.0 Å². The van der Waals surface area contributed by atoms with Crippen LogP contribution in [-0.2, 0) is 30.4 Å². The van der Waals surface area contributed by atoms with Crippen molar-refractivity contribution in [1.82, 2.24) is 40.4 Å². The number of ether oxygens (including phenoxy) is 4. The molecule has 4 N–H and O–H groups in total.